The van der Waals surface area contributed by atoms with Crippen molar-refractivity contribution in [1.82, 2.24) is 0 Å². The predicted octanol–water partition coefficient (Wildman–Crippen LogP) is 1.97. The fourth-order valence-corrected chi connectivity index (χ4v) is 2.56. The third kappa shape index (κ3) is 1.39. The third-order valence-corrected chi connectivity index (χ3v) is 3.25. The molecule has 1 nitrogen and oxygen atoms in total. The fourth-order valence-electron chi connectivity index (χ4n) is 0.418. The number of hydrogen-bond donors (Lipinski definition) is 0. The molecule has 0 aromatic carbocycles. The summed E-state index contributed by atoms with van der Waals surface area (Å²) in [6.07, 6.45) is 0. The summed E-state index contributed by atoms with van der Waals surface area (Å²) in [5.41, 5.74) is 0. The minimum atomic E-state index is 0.285. The Morgan fingerprint density at radius 2 is 2.57 bits per heavy atom. The normalized spacial score (nSPS) is 31.6. The van der Waals surface area contributed by atoms with E-state index in [0.717, 1.165) is 5.75 Å². The van der Waals surface area contributed by atoms with Crippen molar-refractivity contribution in [2.45, 2.75) is 12.2 Å². The monoisotopic (exact) mass is 134 g/mol. The van der Waals surface area contributed by atoms with Crippen LogP contribution < -0.4 is 0 Å². The van der Waals surface area contributed by atoms with Crippen molar-refractivity contribution in [2.75, 3.05) is 5.75 Å². The Morgan fingerprint density at radius 3 is 2.71 bits per heavy atom. The van der Waals surface area contributed by atoms with Crippen LogP contribution in [0.5, 0.6) is 0 Å². The highest BCUT2D eigenvalue weighted by Crippen LogP contribution is 2.31. The number of hydrogen-bond acceptors (Lipinski definition) is 3. The fraction of sp³-hybridized carbons (Fsp3) is 0.750. The van der Waals surface area contributed by atoms with Gasteiger partial charge >= 0.3 is 0 Å². The first-order valence-corrected chi connectivity index (χ1v) is 3.99. The number of rotatable bonds is 0. The van der Waals surface area contributed by atoms with Crippen molar-refractivity contribution < 1.29 is 4.79 Å². The molecule has 0 aromatic heterocycles. The highest BCUT2D eigenvalue weighted by Gasteiger charge is 2.18. The highest BCUT2D eigenvalue weighted by molar-refractivity contribution is 8.41. The lowest BCUT2D eigenvalue weighted by molar-refractivity contribution is 0.277. The molecule has 1 rings (SSSR count). The van der Waals surface area contributed by atoms with Gasteiger partial charge in [-0.2, -0.15) is 0 Å². The van der Waals surface area contributed by atoms with Gasteiger partial charge in [-0.25, -0.2) is 0 Å². The zero-order valence-electron chi connectivity index (χ0n) is 4.01. The summed E-state index contributed by atoms with van der Waals surface area (Å²) in [5, 5.41) is 0.553. The van der Waals surface area contributed by atoms with Crippen LogP contribution in [0.1, 0.15) is 6.92 Å². The topological polar surface area (TPSA) is 17.1 Å². The average molecular weight is 134 g/mol. The zero-order chi connectivity index (χ0) is 5.28. The summed E-state index contributed by atoms with van der Waals surface area (Å²) in [5.74, 6) is 1.00. The van der Waals surface area contributed by atoms with Crippen LogP contribution in [0, 0.1) is 0 Å². The molecule has 0 N–H and O–H groups in total. The first-order valence-electron chi connectivity index (χ1n) is 2.12. The second-order valence-corrected chi connectivity index (χ2v) is 4.15. The van der Waals surface area contributed by atoms with Gasteiger partial charge in [0.05, 0.1) is 0 Å². The van der Waals surface area contributed by atoms with Crippen LogP contribution in [-0.4, -0.2) is 15.5 Å². The van der Waals surface area contributed by atoms with Crippen molar-refractivity contribution in [3.63, 3.8) is 0 Å². The number of carbonyl (C=O) groups excluding carboxylic acids is 1. The third-order valence-electron chi connectivity index (χ3n) is 0.733. The summed E-state index contributed by atoms with van der Waals surface area (Å²) in [4.78, 5) is 10.4. The van der Waals surface area contributed by atoms with Crippen LogP contribution in [0.15, 0.2) is 0 Å². The van der Waals surface area contributed by atoms with Gasteiger partial charge in [0.1, 0.15) is 0 Å². The van der Waals surface area contributed by atoms with Gasteiger partial charge in [-0.15, -0.1) is 0 Å². The van der Waals surface area contributed by atoms with Crippen LogP contribution in [0.25, 0.3) is 0 Å². The lowest BCUT2D eigenvalue weighted by atomic mass is 10.6. The number of thioether (sulfide) groups is 2. The van der Waals surface area contributed by atoms with Gasteiger partial charge in [0, 0.05) is 11.0 Å². The molecule has 1 heterocycles. The van der Waals surface area contributed by atoms with Gasteiger partial charge in [-0.1, -0.05) is 30.4 Å². The van der Waals surface area contributed by atoms with Crippen molar-refractivity contribution in [2.24, 2.45) is 0 Å². The summed E-state index contributed by atoms with van der Waals surface area (Å²) in [7, 11) is 0. The lowest BCUT2D eigenvalue weighted by Crippen LogP contribution is -1.88. The summed E-state index contributed by atoms with van der Waals surface area (Å²) in [6.45, 7) is 2.07. The van der Waals surface area contributed by atoms with Crippen molar-refractivity contribution >= 4 is 28.0 Å². The Bertz CT molecular complexity index is 91.7. The maximum absolute atomic E-state index is 10.4. The van der Waals surface area contributed by atoms with E-state index in [9.17, 15) is 4.79 Å². The molecule has 1 aliphatic heterocycles. The molecule has 0 radical (unpaired) electrons. The second-order valence-electron chi connectivity index (χ2n) is 1.49. The second kappa shape index (κ2) is 2.09. The van der Waals surface area contributed by atoms with E-state index in [1.807, 2.05) is 0 Å². The largest absolute Gasteiger partial charge is 0.274 e. The molecule has 0 spiro atoms. The smallest absolute Gasteiger partial charge is 0.246 e. The predicted molar refractivity (Wildman–Crippen MR) is 34.9 cm³/mol. The minimum absolute atomic E-state index is 0.285. The van der Waals surface area contributed by atoms with E-state index in [2.05, 4.69) is 6.92 Å². The molecule has 7 heavy (non-hydrogen) atoms. The van der Waals surface area contributed by atoms with Gasteiger partial charge in [-0.3, -0.25) is 4.79 Å². The maximum atomic E-state index is 10.4. The average Bonchev–Trinajstić information content (AvgIpc) is 1.87. The molecule has 3 heteroatoms. The molecule has 0 unspecified atom stereocenters. The Hall–Kier alpha value is 0.370. The quantitative estimate of drug-likeness (QED) is 0.504. The maximum Gasteiger partial charge on any atom is 0.246 e. The molecule has 40 valence electrons. The molecule has 0 amide bonds. The van der Waals surface area contributed by atoms with E-state index in [-0.39, 0.29) is 4.45 Å². The standard InChI is InChI=1S/C4H6OS2/c1-3-2-6-4(5)7-3/h3H,2H2,1H3/t3-/m0/s1. The minimum Gasteiger partial charge on any atom is -0.274 e. The lowest BCUT2D eigenvalue weighted by Gasteiger charge is -1.87. The van der Waals surface area contributed by atoms with Gasteiger partial charge < -0.3 is 0 Å². The van der Waals surface area contributed by atoms with Gasteiger partial charge in [0.15, 0.2) is 0 Å². The number of carbonyl (C=O) groups is 1. The van der Waals surface area contributed by atoms with Gasteiger partial charge in [-0.05, 0) is 0 Å². The first-order chi connectivity index (χ1) is 3.29. The highest BCUT2D eigenvalue weighted by atomic mass is 32.2. The van der Waals surface area contributed by atoms with Gasteiger partial charge in [0.25, 0.3) is 0 Å². The van der Waals surface area contributed by atoms with E-state index in [4.69, 9.17) is 0 Å². The summed E-state index contributed by atoms with van der Waals surface area (Å²) < 4.78 is 0.285. The van der Waals surface area contributed by atoms with Crippen LogP contribution >= 0.6 is 23.5 Å². The van der Waals surface area contributed by atoms with Crippen molar-refractivity contribution in [3.8, 4) is 0 Å². The molecule has 1 saturated heterocycles. The zero-order valence-corrected chi connectivity index (χ0v) is 5.64. The van der Waals surface area contributed by atoms with Crippen LogP contribution in [0.2, 0.25) is 0 Å². The molecular weight excluding hydrogens is 128 g/mol. The molecule has 0 saturated carbocycles. The Kier molecular flexibility index (Phi) is 1.65. The van der Waals surface area contributed by atoms with Crippen LogP contribution in [0.4, 0.5) is 4.79 Å². The molecule has 0 aromatic rings. The van der Waals surface area contributed by atoms with Gasteiger partial charge in [0.2, 0.25) is 4.45 Å². The Labute approximate surface area is 51.2 Å². The first kappa shape index (κ1) is 5.51. The molecule has 1 fully saturated rings. The molecule has 1 atom stereocenters. The van der Waals surface area contributed by atoms with E-state index in [1.54, 1.807) is 0 Å². The Balaban J connectivity index is 2.40. The summed E-state index contributed by atoms with van der Waals surface area (Å²) >= 11 is 2.87. The van der Waals surface area contributed by atoms with E-state index in [1.165, 1.54) is 23.5 Å². The van der Waals surface area contributed by atoms with Crippen LogP contribution in [0.3, 0.4) is 0 Å². The Morgan fingerprint density at radius 1 is 1.86 bits per heavy atom. The van der Waals surface area contributed by atoms with Crippen molar-refractivity contribution in [1.29, 1.82) is 0 Å². The SMILES string of the molecule is C[C@H]1CSC(=O)S1. The van der Waals surface area contributed by atoms with E-state index in [0.29, 0.717) is 5.25 Å². The molecule has 1 aliphatic rings. The van der Waals surface area contributed by atoms with E-state index < -0.39 is 0 Å². The molecule has 0 aliphatic carbocycles. The van der Waals surface area contributed by atoms with E-state index >= 15 is 0 Å². The molecular formula is C4H6OS2. The molecule has 0 bridgehead atoms. The summed E-state index contributed by atoms with van der Waals surface area (Å²) in [6, 6.07) is 0. The van der Waals surface area contributed by atoms with Crippen molar-refractivity contribution in [3.05, 3.63) is 0 Å². The van der Waals surface area contributed by atoms with Crippen LogP contribution in [-0.2, 0) is 0 Å².